The van der Waals surface area contributed by atoms with Crippen molar-refractivity contribution in [3.8, 4) is 6.01 Å². The van der Waals surface area contributed by atoms with Crippen LogP contribution in [-0.2, 0) is 12.6 Å². The van der Waals surface area contributed by atoms with Crippen molar-refractivity contribution in [3.63, 3.8) is 0 Å². The molecular formula is C21H25F6N5O2. The van der Waals surface area contributed by atoms with Crippen molar-refractivity contribution in [2.45, 2.75) is 44.1 Å². The molecule has 0 unspecified atom stereocenters. The number of rotatable bonds is 9. The molecular weight excluding hydrogens is 468 g/mol. The van der Waals surface area contributed by atoms with Gasteiger partial charge >= 0.3 is 18.4 Å². The van der Waals surface area contributed by atoms with Gasteiger partial charge in [-0.15, -0.1) is 0 Å². The molecule has 1 aliphatic heterocycles. The second kappa shape index (κ2) is 11.2. The molecule has 1 aliphatic rings. The molecule has 0 aliphatic carbocycles. The van der Waals surface area contributed by atoms with E-state index >= 15 is 0 Å². The largest absolute Gasteiger partial charge is 0.454 e. The fourth-order valence-corrected chi connectivity index (χ4v) is 3.57. The number of anilines is 1. The summed E-state index contributed by atoms with van der Waals surface area (Å²) in [4.78, 5) is 14.2. The molecule has 3 rings (SSSR count). The zero-order valence-corrected chi connectivity index (χ0v) is 18.2. The molecule has 2 N–H and O–H groups in total. The van der Waals surface area contributed by atoms with Crippen LogP contribution >= 0.6 is 0 Å². The van der Waals surface area contributed by atoms with E-state index in [4.69, 9.17) is 5.11 Å². The SMILES string of the molecule is OCCCN1CCC(Nc2nc(Cc3cccc(C(F)(F)F)c3)nc(OCC(F)(F)F)n2)CC1. The normalized spacial score (nSPS) is 16.0. The molecule has 2 aromatic rings. The Balaban J connectivity index is 1.75. The molecule has 1 fully saturated rings. The highest BCUT2D eigenvalue weighted by atomic mass is 19.4. The van der Waals surface area contributed by atoms with Gasteiger partial charge in [0.05, 0.1) is 5.56 Å². The molecule has 13 heteroatoms. The van der Waals surface area contributed by atoms with E-state index in [9.17, 15) is 26.3 Å². The first-order chi connectivity index (χ1) is 16.0. The third kappa shape index (κ3) is 8.28. The summed E-state index contributed by atoms with van der Waals surface area (Å²) in [5.74, 6) is -0.0164. The minimum atomic E-state index is -4.61. The fourth-order valence-electron chi connectivity index (χ4n) is 3.57. The number of ether oxygens (including phenoxy) is 1. The lowest BCUT2D eigenvalue weighted by molar-refractivity contribution is -0.154. The first-order valence-electron chi connectivity index (χ1n) is 10.7. The summed E-state index contributed by atoms with van der Waals surface area (Å²) < 4.78 is 81.5. The van der Waals surface area contributed by atoms with Gasteiger partial charge in [-0.2, -0.15) is 41.3 Å². The number of nitrogens with zero attached hydrogens (tertiary/aromatic N) is 4. The van der Waals surface area contributed by atoms with Crippen molar-refractivity contribution >= 4 is 5.95 Å². The smallest absolute Gasteiger partial charge is 0.422 e. The highest BCUT2D eigenvalue weighted by Crippen LogP contribution is 2.30. The van der Waals surface area contributed by atoms with E-state index in [0.717, 1.165) is 44.6 Å². The minimum Gasteiger partial charge on any atom is -0.454 e. The molecule has 1 saturated heterocycles. The number of hydrogen-bond acceptors (Lipinski definition) is 7. The van der Waals surface area contributed by atoms with Crippen LogP contribution in [0.2, 0.25) is 0 Å². The molecule has 188 valence electrons. The summed E-state index contributed by atoms with van der Waals surface area (Å²) in [7, 11) is 0. The Morgan fingerprint density at radius 1 is 1.06 bits per heavy atom. The van der Waals surface area contributed by atoms with Crippen molar-refractivity contribution < 1.29 is 36.2 Å². The number of aliphatic hydroxyl groups excluding tert-OH is 1. The Morgan fingerprint density at radius 3 is 2.44 bits per heavy atom. The van der Waals surface area contributed by atoms with Crippen molar-refractivity contribution in [3.05, 3.63) is 41.2 Å². The van der Waals surface area contributed by atoms with E-state index < -0.39 is 30.5 Å². The van der Waals surface area contributed by atoms with Crippen LogP contribution in [0.3, 0.4) is 0 Å². The third-order valence-electron chi connectivity index (χ3n) is 5.20. The predicted molar refractivity (Wildman–Crippen MR) is 110 cm³/mol. The predicted octanol–water partition coefficient (Wildman–Crippen LogP) is 3.68. The maximum absolute atomic E-state index is 13.0. The van der Waals surface area contributed by atoms with Gasteiger partial charge in [0, 0.05) is 38.7 Å². The summed E-state index contributed by atoms with van der Waals surface area (Å²) in [5.41, 5.74) is -0.607. The van der Waals surface area contributed by atoms with E-state index in [1.165, 1.54) is 12.1 Å². The third-order valence-corrected chi connectivity index (χ3v) is 5.20. The minimum absolute atomic E-state index is 0.00274. The first kappa shape index (κ1) is 25.9. The number of piperidine rings is 1. The molecule has 0 spiro atoms. The summed E-state index contributed by atoms with van der Waals surface area (Å²) >= 11 is 0. The van der Waals surface area contributed by atoms with Crippen molar-refractivity contribution in [1.29, 1.82) is 0 Å². The highest BCUT2D eigenvalue weighted by molar-refractivity contribution is 5.31. The average Bonchev–Trinajstić information content (AvgIpc) is 2.76. The highest BCUT2D eigenvalue weighted by Gasteiger charge is 2.31. The number of likely N-dealkylation sites (tertiary alicyclic amines) is 1. The number of aromatic nitrogens is 3. The van der Waals surface area contributed by atoms with Crippen LogP contribution in [-0.4, -0.2) is 70.0 Å². The van der Waals surface area contributed by atoms with Gasteiger partial charge in [-0.1, -0.05) is 18.2 Å². The Labute approximate surface area is 192 Å². The maximum atomic E-state index is 13.0. The standard InChI is InChI=1S/C21H25F6N5O2/c22-20(23,24)13-34-19-30-17(12-14-3-1-4-15(11-14)21(25,26)27)29-18(31-19)28-16-5-8-32(9-6-16)7-2-10-33/h1,3-4,11,16,33H,2,5-10,12-13H2,(H,28,29,30,31). The van der Waals surface area contributed by atoms with Crippen molar-refractivity contribution in [2.75, 3.05) is 38.2 Å². The number of halogens is 6. The number of alkyl halides is 6. The van der Waals surface area contributed by atoms with E-state index in [1.54, 1.807) is 0 Å². The number of nitrogens with one attached hydrogen (secondary N) is 1. The summed E-state index contributed by atoms with van der Waals surface area (Å²) in [6.07, 6.45) is -7.18. The van der Waals surface area contributed by atoms with Gasteiger partial charge in [0.15, 0.2) is 6.61 Å². The van der Waals surface area contributed by atoms with Gasteiger partial charge in [0.2, 0.25) is 5.95 Å². The van der Waals surface area contributed by atoms with Crippen LogP contribution in [0.5, 0.6) is 6.01 Å². The zero-order chi connectivity index (χ0) is 24.8. The average molecular weight is 493 g/mol. The van der Waals surface area contributed by atoms with E-state index in [0.29, 0.717) is 6.42 Å². The van der Waals surface area contributed by atoms with Crippen LogP contribution in [0.25, 0.3) is 0 Å². The van der Waals surface area contributed by atoms with Crippen LogP contribution in [0.1, 0.15) is 36.2 Å². The summed E-state index contributed by atoms with van der Waals surface area (Å²) in [5, 5.41) is 12.0. The zero-order valence-electron chi connectivity index (χ0n) is 18.2. The van der Waals surface area contributed by atoms with Gasteiger partial charge in [-0.25, -0.2) is 0 Å². The Morgan fingerprint density at radius 2 is 1.79 bits per heavy atom. The first-order valence-corrected chi connectivity index (χ1v) is 10.7. The van der Waals surface area contributed by atoms with Gasteiger partial charge in [-0.05, 0) is 30.9 Å². The Hall–Kier alpha value is -2.67. The Kier molecular flexibility index (Phi) is 8.52. The van der Waals surface area contributed by atoms with Gasteiger partial charge < -0.3 is 20.1 Å². The molecule has 0 amide bonds. The lowest BCUT2D eigenvalue weighted by Gasteiger charge is -2.32. The number of hydrogen-bond donors (Lipinski definition) is 2. The molecule has 7 nitrogen and oxygen atoms in total. The monoisotopic (exact) mass is 493 g/mol. The van der Waals surface area contributed by atoms with Gasteiger partial charge in [0.1, 0.15) is 5.82 Å². The van der Waals surface area contributed by atoms with Gasteiger partial charge in [0.25, 0.3) is 0 Å². The van der Waals surface area contributed by atoms with Crippen LogP contribution in [0.15, 0.2) is 24.3 Å². The molecule has 0 bridgehead atoms. The van der Waals surface area contributed by atoms with Crippen LogP contribution < -0.4 is 10.1 Å². The van der Waals surface area contributed by atoms with E-state index in [2.05, 4.69) is 29.9 Å². The molecule has 0 saturated carbocycles. The van der Waals surface area contributed by atoms with Crippen LogP contribution in [0, 0.1) is 0 Å². The van der Waals surface area contributed by atoms with E-state index in [-0.39, 0.29) is 36.4 Å². The second-order valence-electron chi connectivity index (χ2n) is 7.97. The molecule has 2 heterocycles. The fraction of sp³-hybridized carbons (Fsp3) is 0.571. The second-order valence-corrected chi connectivity index (χ2v) is 7.97. The molecule has 0 atom stereocenters. The topological polar surface area (TPSA) is 83.4 Å². The number of aliphatic hydroxyl groups is 1. The molecule has 1 aromatic carbocycles. The van der Waals surface area contributed by atoms with Crippen molar-refractivity contribution in [2.24, 2.45) is 0 Å². The lowest BCUT2D eigenvalue weighted by Crippen LogP contribution is -2.40. The Bertz CT molecular complexity index is 933. The molecule has 0 radical (unpaired) electrons. The van der Waals surface area contributed by atoms with Crippen molar-refractivity contribution in [1.82, 2.24) is 19.9 Å². The molecule has 1 aromatic heterocycles. The number of benzene rings is 1. The summed E-state index contributed by atoms with van der Waals surface area (Å²) in [6.45, 7) is 0.793. The van der Waals surface area contributed by atoms with Gasteiger partial charge in [-0.3, -0.25) is 0 Å². The van der Waals surface area contributed by atoms with E-state index in [1.807, 2.05) is 0 Å². The quantitative estimate of drug-likeness (QED) is 0.516. The van der Waals surface area contributed by atoms with Crippen LogP contribution in [0.4, 0.5) is 32.3 Å². The summed E-state index contributed by atoms with van der Waals surface area (Å²) in [6, 6.07) is 3.94. The lowest BCUT2D eigenvalue weighted by atomic mass is 10.1. The molecule has 34 heavy (non-hydrogen) atoms. The maximum Gasteiger partial charge on any atom is 0.422 e.